The minimum absolute atomic E-state index is 0.142. The van der Waals surface area contributed by atoms with Gasteiger partial charge in [0.05, 0.1) is 5.56 Å². The minimum atomic E-state index is -4.41. The van der Waals surface area contributed by atoms with E-state index in [0.717, 1.165) is 23.7 Å². The number of hydrogen-bond acceptors (Lipinski definition) is 4. The molecule has 1 aromatic carbocycles. The predicted molar refractivity (Wildman–Crippen MR) is 59.5 cm³/mol. The molecule has 0 N–H and O–H groups in total. The van der Waals surface area contributed by atoms with E-state index in [4.69, 9.17) is 0 Å². The van der Waals surface area contributed by atoms with Crippen LogP contribution in [0.25, 0.3) is 0 Å². The number of carbonyl (C=O) groups is 1. The molecule has 0 aliphatic rings. The Balaban J connectivity index is 2.40. The molecule has 1 heterocycles. The van der Waals surface area contributed by atoms with Crippen molar-refractivity contribution in [3.05, 3.63) is 46.0 Å². The van der Waals surface area contributed by atoms with E-state index in [1.54, 1.807) is 0 Å². The fourth-order valence-corrected chi connectivity index (χ4v) is 1.93. The number of rotatable bonds is 2. The molecule has 0 amide bonds. The Labute approximate surface area is 104 Å². The van der Waals surface area contributed by atoms with Crippen LogP contribution in [0.5, 0.6) is 0 Å². The lowest BCUT2D eigenvalue weighted by Gasteiger charge is -2.09. The van der Waals surface area contributed by atoms with Gasteiger partial charge in [0.1, 0.15) is 5.69 Å². The molecule has 0 radical (unpaired) electrons. The lowest BCUT2D eigenvalue weighted by molar-refractivity contribution is -0.137. The van der Waals surface area contributed by atoms with Crippen LogP contribution in [-0.2, 0) is 6.18 Å². The summed E-state index contributed by atoms with van der Waals surface area (Å²) in [5, 5.41) is 5.06. The fraction of sp³-hybridized carbons (Fsp3) is 0.182. The van der Waals surface area contributed by atoms with Crippen LogP contribution in [0.4, 0.5) is 13.2 Å². The number of alkyl halides is 3. The Morgan fingerprint density at radius 1 is 1.33 bits per heavy atom. The molecule has 94 valence electrons. The van der Waals surface area contributed by atoms with Gasteiger partial charge in [-0.15, -0.1) is 5.10 Å². The standard InChI is InChI=1S/C11H7F3N2OS/c1-6-4-7(11(12,13)14)2-3-8(6)10(17)9-5-18-16-15-9/h2-5H,1H3. The summed E-state index contributed by atoms with van der Waals surface area (Å²) in [7, 11) is 0. The molecule has 0 saturated carbocycles. The number of carbonyl (C=O) groups excluding carboxylic acids is 1. The zero-order valence-electron chi connectivity index (χ0n) is 9.15. The van der Waals surface area contributed by atoms with Crippen molar-refractivity contribution in [2.24, 2.45) is 0 Å². The lowest BCUT2D eigenvalue weighted by atomic mass is 10.0. The molecule has 3 nitrogen and oxygen atoms in total. The lowest BCUT2D eigenvalue weighted by Crippen LogP contribution is -2.09. The molecular weight excluding hydrogens is 265 g/mol. The molecule has 0 spiro atoms. The zero-order valence-corrected chi connectivity index (χ0v) is 9.97. The second-order valence-corrected chi connectivity index (χ2v) is 4.26. The van der Waals surface area contributed by atoms with Crippen LogP contribution in [0.3, 0.4) is 0 Å². The zero-order chi connectivity index (χ0) is 13.3. The van der Waals surface area contributed by atoms with E-state index in [9.17, 15) is 18.0 Å². The molecule has 7 heteroatoms. The molecule has 18 heavy (non-hydrogen) atoms. The van der Waals surface area contributed by atoms with E-state index in [0.29, 0.717) is 0 Å². The van der Waals surface area contributed by atoms with Crippen molar-refractivity contribution >= 4 is 17.3 Å². The SMILES string of the molecule is Cc1cc(C(F)(F)F)ccc1C(=O)c1csnn1. The molecule has 2 rings (SSSR count). The van der Waals surface area contributed by atoms with Crippen molar-refractivity contribution < 1.29 is 18.0 Å². The van der Waals surface area contributed by atoms with Crippen molar-refractivity contribution in [3.8, 4) is 0 Å². The van der Waals surface area contributed by atoms with Gasteiger partial charge in [-0.3, -0.25) is 4.79 Å². The quantitative estimate of drug-likeness (QED) is 0.789. The van der Waals surface area contributed by atoms with Crippen LogP contribution in [-0.4, -0.2) is 15.4 Å². The average molecular weight is 272 g/mol. The molecule has 2 aromatic rings. The van der Waals surface area contributed by atoms with Gasteiger partial charge in [-0.25, -0.2) is 0 Å². The molecule has 1 aromatic heterocycles. The van der Waals surface area contributed by atoms with Gasteiger partial charge in [0, 0.05) is 10.9 Å². The first kappa shape index (κ1) is 12.7. The van der Waals surface area contributed by atoms with Gasteiger partial charge in [0.25, 0.3) is 0 Å². The third-order valence-electron chi connectivity index (χ3n) is 2.39. The van der Waals surface area contributed by atoms with Crippen LogP contribution in [0.2, 0.25) is 0 Å². The summed E-state index contributed by atoms with van der Waals surface area (Å²) in [5.41, 5.74) is -0.158. The fourth-order valence-electron chi connectivity index (χ4n) is 1.50. The first-order valence-corrected chi connectivity index (χ1v) is 5.73. The maximum absolute atomic E-state index is 12.5. The highest BCUT2D eigenvalue weighted by Gasteiger charge is 2.31. The van der Waals surface area contributed by atoms with E-state index in [1.165, 1.54) is 18.4 Å². The number of aryl methyl sites for hydroxylation is 1. The van der Waals surface area contributed by atoms with Crippen molar-refractivity contribution in [2.75, 3.05) is 0 Å². The summed E-state index contributed by atoms with van der Waals surface area (Å²) < 4.78 is 41.0. The van der Waals surface area contributed by atoms with Crippen LogP contribution in [0, 0.1) is 6.92 Å². The van der Waals surface area contributed by atoms with E-state index < -0.39 is 17.5 Å². The van der Waals surface area contributed by atoms with Gasteiger partial charge >= 0.3 is 6.18 Å². The van der Waals surface area contributed by atoms with Gasteiger partial charge in [-0.2, -0.15) is 13.2 Å². The van der Waals surface area contributed by atoms with E-state index >= 15 is 0 Å². The maximum Gasteiger partial charge on any atom is 0.416 e. The Morgan fingerprint density at radius 3 is 2.56 bits per heavy atom. The second kappa shape index (κ2) is 4.49. The first-order chi connectivity index (χ1) is 8.39. The van der Waals surface area contributed by atoms with Gasteiger partial charge in [-0.1, -0.05) is 10.6 Å². The Morgan fingerprint density at radius 2 is 2.06 bits per heavy atom. The normalized spacial score (nSPS) is 11.6. The molecule has 0 aliphatic carbocycles. The third-order valence-corrected chi connectivity index (χ3v) is 2.90. The average Bonchev–Trinajstić information content (AvgIpc) is 2.80. The summed E-state index contributed by atoms with van der Waals surface area (Å²) in [6, 6.07) is 3.01. The summed E-state index contributed by atoms with van der Waals surface area (Å²) >= 11 is 1.01. The van der Waals surface area contributed by atoms with Gasteiger partial charge < -0.3 is 0 Å². The van der Waals surface area contributed by atoms with Gasteiger partial charge in [0.15, 0.2) is 0 Å². The highest BCUT2D eigenvalue weighted by atomic mass is 32.1. The van der Waals surface area contributed by atoms with E-state index in [-0.39, 0.29) is 16.8 Å². The molecule has 0 bridgehead atoms. The Bertz CT molecular complexity index is 578. The molecule has 0 aliphatic heterocycles. The molecule has 0 saturated heterocycles. The third kappa shape index (κ3) is 2.40. The predicted octanol–water partition coefficient (Wildman–Crippen LogP) is 3.10. The summed E-state index contributed by atoms with van der Waals surface area (Å²) in [4.78, 5) is 11.9. The summed E-state index contributed by atoms with van der Waals surface area (Å²) in [6.45, 7) is 1.46. The molecule has 0 atom stereocenters. The van der Waals surface area contributed by atoms with Gasteiger partial charge in [0.2, 0.25) is 5.78 Å². The van der Waals surface area contributed by atoms with Crippen LogP contribution < -0.4 is 0 Å². The van der Waals surface area contributed by atoms with Crippen LogP contribution in [0.15, 0.2) is 23.6 Å². The topological polar surface area (TPSA) is 42.9 Å². The number of halogens is 3. The molecule has 0 fully saturated rings. The molecule has 0 unspecified atom stereocenters. The number of aromatic nitrogens is 2. The highest BCUT2D eigenvalue weighted by Crippen LogP contribution is 2.30. The minimum Gasteiger partial charge on any atom is -0.287 e. The van der Waals surface area contributed by atoms with E-state index in [1.807, 2.05) is 0 Å². The number of nitrogens with zero attached hydrogens (tertiary/aromatic N) is 2. The largest absolute Gasteiger partial charge is 0.416 e. The van der Waals surface area contributed by atoms with Crippen LogP contribution >= 0.6 is 11.5 Å². The second-order valence-electron chi connectivity index (χ2n) is 3.65. The Hall–Kier alpha value is -1.76. The first-order valence-electron chi connectivity index (χ1n) is 4.89. The molecular formula is C11H7F3N2OS. The van der Waals surface area contributed by atoms with Crippen molar-refractivity contribution in [3.63, 3.8) is 0 Å². The van der Waals surface area contributed by atoms with Crippen molar-refractivity contribution in [1.82, 2.24) is 9.59 Å². The summed E-state index contributed by atoms with van der Waals surface area (Å²) in [6.07, 6.45) is -4.41. The highest BCUT2D eigenvalue weighted by molar-refractivity contribution is 7.03. The summed E-state index contributed by atoms with van der Waals surface area (Å²) in [5.74, 6) is -0.421. The van der Waals surface area contributed by atoms with Crippen LogP contribution in [0.1, 0.15) is 27.2 Å². The monoisotopic (exact) mass is 272 g/mol. The Kier molecular flexibility index (Phi) is 3.16. The number of benzene rings is 1. The van der Waals surface area contributed by atoms with E-state index in [2.05, 4.69) is 9.59 Å². The number of hydrogen-bond donors (Lipinski definition) is 0. The van der Waals surface area contributed by atoms with Gasteiger partial charge in [-0.05, 0) is 36.2 Å². The smallest absolute Gasteiger partial charge is 0.287 e. The van der Waals surface area contributed by atoms with Crippen molar-refractivity contribution in [2.45, 2.75) is 13.1 Å². The maximum atomic E-state index is 12.5. The van der Waals surface area contributed by atoms with Crippen molar-refractivity contribution in [1.29, 1.82) is 0 Å². The number of ketones is 1.